The number of ether oxygens (including phenoxy) is 3. The molecule has 0 aliphatic carbocycles. The van der Waals surface area contributed by atoms with Crippen LogP contribution in [0.2, 0.25) is 0 Å². The van der Waals surface area contributed by atoms with Gasteiger partial charge in [0.15, 0.2) is 0 Å². The van der Waals surface area contributed by atoms with Gasteiger partial charge in [-0.1, -0.05) is 5.57 Å². The number of nitrogens with zero attached hydrogens (tertiary/aromatic N) is 1. The highest BCUT2D eigenvalue weighted by atomic mass is 16.7. The first-order valence-electron chi connectivity index (χ1n) is 10.4. The fourth-order valence-corrected chi connectivity index (χ4v) is 3.47. The van der Waals surface area contributed by atoms with Gasteiger partial charge in [-0.15, -0.1) is 0 Å². The molecule has 1 aromatic rings. The van der Waals surface area contributed by atoms with E-state index in [9.17, 15) is 14.4 Å². The first kappa shape index (κ1) is 21.8. The number of carbonyl (C=O) groups is 3. The molecule has 2 aliphatic rings. The third kappa shape index (κ3) is 6.32. The van der Waals surface area contributed by atoms with E-state index in [1.165, 1.54) is 0 Å². The first-order chi connectivity index (χ1) is 14.5. The molecule has 3 rings (SSSR count). The standard InChI is InChI=1S/C22H28N2O6/c1-2-29-22(27)30-19-5-3-17(4-6-19)21(26)23-18-7-11-24(12-8-18)20(25)15-16-9-13-28-14-10-16/h3-6,15,18H,2,7-14H2,1H3,(H,23,26). The fourth-order valence-electron chi connectivity index (χ4n) is 3.47. The summed E-state index contributed by atoms with van der Waals surface area (Å²) in [5.74, 6) is 0.177. The Labute approximate surface area is 176 Å². The van der Waals surface area contributed by atoms with Gasteiger partial charge in [0.1, 0.15) is 5.75 Å². The summed E-state index contributed by atoms with van der Waals surface area (Å²) in [6.45, 7) is 4.54. The lowest BCUT2D eigenvalue weighted by Gasteiger charge is -2.32. The van der Waals surface area contributed by atoms with Crippen LogP contribution >= 0.6 is 0 Å². The van der Waals surface area contributed by atoms with E-state index in [-0.39, 0.29) is 24.5 Å². The van der Waals surface area contributed by atoms with Crippen LogP contribution in [0.5, 0.6) is 5.75 Å². The Morgan fingerprint density at radius 1 is 1.13 bits per heavy atom. The van der Waals surface area contributed by atoms with Crippen molar-refractivity contribution >= 4 is 18.0 Å². The number of hydrogen-bond donors (Lipinski definition) is 1. The molecular formula is C22H28N2O6. The van der Waals surface area contributed by atoms with Gasteiger partial charge in [0.25, 0.3) is 5.91 Å². The minimum Gasteiger partial charge on any atom is -0.434 e. The Kier molecular flexibility index (Phi) is 7.84. The zero-order valence-corrected chi connectivity index (χ0v) is 17.2. The zero-order valence-electron chi connectivity index (χ0n) is 17.2. The second-order valence-corrected chi connectivity index (χ2v) is 7.30. The largest absolute Gasteiger partial charge is 0.513 e. The van der Waals surface area contributed by atoms with Crippen molar-refractivity contribution in [1.82, 2.24) is 10.2 Å². The molecule has 0 radical (unpaired) electrons. The van der Waals surface area contributed by atoms with Gasteiger partial charge in [-0.05, 0) is 56.9 Å². The normalized spacial score (nSPS) is 17.2. The van der Waals surface area contributed by atoms with Crippen molar-refractivity contribution in [3.8, 4) is 5.75 Å². The number of hydrogen-bond acceptors (Lipinski definition) is 6. The van der Waals surface area contributed by atoms with E-state index in [0.717, 1.165) is 18.4 Å². The summed E-state index contributed by atoms with van der Waals surface area (Å²) in [7, 11) is 0. The van der Waals surface area contributed by atoms with Gasteiger partial charge in [-0.3, -0.25) is 9.59 Å². The lowest BCUT2D eigenvalue weighted by atomic mass is 10.0. The van der Waals surface area contributed by atoms with Crippen molar-refractivity contribution in [2.75, 3.05) is 32.9 Å². The highest BCUT2D eigenvalue weighted by molar-refractivity contribution is 5.94. The van der Waals surface area contributed by atoms with Crippen LogP contribution in [0, 0.1) is 0 Å². The first-order valence-corrected chi connectivity index (χ1v) is 10.4. The van der Waals surface area contributed by atoms with Gasteiger partial charge in [-0.25, -0.2) is 4.79 Å². The SMILES string of the molecule is CCOC(=O)Oc1ccc(C(=O)NC2CCN(C(=O)C=C3CCOCC3)CC2)cc1. The monoisotopic (exact) mass is 416 g/mol. The molecule has 162 valence electrons. The van der Waals surface area contributed by atoms with Crippen LogP contribution in [0.15, 0.2) is 35.9 Å². The quantitative estimate of drug-likeness (QED) is 0.451. The molecular weight excluding hydrogens is 388 g/mol. The summed E-state index contributed by atoms with van der Waals surface area (Å²) in [6, 6.07) is 6.33. The lowest BCUT2D eigenvalue weighted by Crippen LogP contribution is -2.46. The molecule has 0 atom stereocenters. The summed E-state index contributed by atoms with van der Waals surface area (Å²) >= 11 is 0. The number of nitrogens with one attached hydrogen (secondary N) is 1. The molecule has 2 saturated heterocycles. The van der Waals surface area contributed by atoms with Crippen LogP contribution in [-0.4, -0.2) is 61.8 Å². The number of amides is 2. The zero-order chi connectivity index (χ0) is 21.3. The highest BCUT2D eigenvalue weighted by Gasteiger charge is 2.24. The smallest absolute Gasteiger partial charge is 0.434 e. The van der Waals surface area contributed by atoms with E-state index in [1.54, 1.807) is 37.3 Å². The maximum absolute atomic E-state index is 12.5. The Morgan fingerprint density at radius 3 is 2.43 bits per heavy atom. The van der Waals surface area contributed by atoms with Crippen molar-refractivity contribution in [3.05, 3.63) is 41.5 Å². The molecule has 0 unspecified atom stereocenters. The highest BCUT2D eigenvalue weighted by Crippen LogP contribution is 2.17. The number of likely N-dealkylation sites (tertiary alicyclic amines) is 1. The molecule has 0 aromatic heterocycles. The molecule has 30 heavy (non-hydrogen) atoms. The maximum Gasteiger partial charge on any atom is 0.513 e. The van der Waals surface area contributed by atoms with Crippen molar-refractivity contribution in [1.29, 1.82) is 0 Å². The Bertz CT molecular complexity index is 773. The summed E-state index contributed by atoms with van der Waals surface area (Å²) in [6.07, 6.45) is 4.05. The van der Waals surface area contributed by atoms with Crippen molar-refractivity contribution < 1.29 is 28.6 Å². The van der Waals surface area contributed by atoms with Gasteiger partial charge in [-0.2, -0.15) is 0 Å². The van der Waals surface area contributed by atoms with Crippen LogP contribution in [0.1, 0.15) is 43.0 Å². The van der Waals surface area contributed by atoms with Crippen molar-refractivity contribution in [3.63, 3.8) is 0 Å². The van der Waals surface area contributed by atoms with Crippen molar-refractivity contribution in [2.24, 2.45) is 0 Å². The van der Waals surface area contributed by atoms with Crippen LogP contribution < -0.4 is 10.1 Å². The fraction of sp³-hybridized carbons (Fsp3) is 0.500. The molecule has 2 fully saturated rings. The van der Waals surface area contributed by atoms with Gasteiger partial charge in [0, 0.05) is 30.8 Å². The number of piperidine rings is 1. The Hall–Kier alpha value is -2.87. The van der Waals surface area contributed by atoms with Gasteiger partial charge in [0.05, 0.1) is 19.8 Å². The van der Waals surface area contributed by atoms with Gasteiger partial charge < -0.3 is 24.4 Å². The second-order valence-electron chi connectivity index (χ2n) is 7.30. The molecule has 8 nitrogen and oxygen atoms in total. The van der Waals surface area contributed by atoms with Gasteiger partial charge in [0.2, 0.25) is 5.91 Å². The van der Waals surface area contributed by atoms with E-state index < -0.39 is 6.16 Å². The van der Waals surface area contributed by atoms with E-state index in [1.807, 2.05) is 4.90 Å². The summed E-state index contributed by atoms with van der Waals surface area (Å²) in [5.41, 5.74) is 1.63. The average molecular weight is 416 g/mol. The van der Waals surface area contributed by atoms with Crippen LogP contribution in [0.4, 0.5) is 4.79 Å². The van der Waals surface area contributed by atoms with E-state index in [4.69, 9.17) is 14.2 Å². The predicted molar refractivity (Wildman–Crippen MR) is 109 cm³/mol. The molecule has 1 N–H and O–H groups in total. The molecule has 0 spiro atoms. The average Bonchev–Trinajstić information content (AvgIpc) is 2.75. The topological polar surface area (TPSA) is 94.2 Å². The molecule has 2 heterocycles. The Balaban J connectivity index is 1.44. The lowest BCUT2D eigenvalue weighted by molar-refractivity contribution is -0.127. The maximum atomic E-state index is 12.5. The summed E-state index contributed by atoms with van der Waals surface area (Å²) in [4.78, 5) is 38.1. The number of rotatable bonds is 5. The van der Waals surface area contributed by atoms with Gasteiger partial charge >= 0.3 is 6.16 Å². The predicted octanol–water partition coefficient (Wildman–Crippen LogP) is 2.68. The van der Waals surface area contributed by atoms with E-state index >= 15 is 0 Å². The number of benzene rings is 1. The number of carbonyl (C=O) groups excluding carboxylic acids is 3. The van der Waals surface area contributed by atoms with Crippen LogP contribution in [0.25, 0.3) is 0 Å². The molecule has 2 aliphatic heterocycles. The minimum atomic E-state index is -0.775. The third-order valence-corrected chi connectivity index (χ3v) is 5.18. The van der Waals surface area contributed by atoms with Crippen LogP contribution in [0.3, 0.4) is 0 Å². The second kappa shape index (κ2) is 10.8. The van der Waals surface area contributed by atoms with E-state index in [0.29, 0.717) is 50.5 Å². The molecule has 2 amide bonds. The summed E-state index contributed by atoms with van der Waals surface area (Å²) in [5, 5.41) is 3.02. The molecule has 0 saturated carbocycles. The molecule has 8 heteroatoms. The summed E-state index contributed by atoms with van der Waals surface area (Å²) < 4.78 is 15.0. The molecule has 1 aromatic carbocycles. The van der Waals surface area contributed by atoms with E-state index in [2.05, 4.69) is 5.32 Å². The van der Waals surface area contributed by atoms with Crippen LogP contribution in [-0.2, 0) is 14.3 Å². The third-order valence-electron chi connectivity index (χ3n) is 5.18. The minimum absolute atomic E-state index is 0.0211. The van der Waals surface area contributed by atoms with Crippen molar-refractivity contribution in [2.45, 2.75) is 38.6 Å². The molecule has 0 bridgehead atoms. The Morgan fingerprint density at radius 2 is 1.80 bits per heavy atom.